The van der Waals surface area contributed by atoms with E-state index in [0.29, 0.717) is 12.5 Å². The summed E-state index contributed by atoms with van der Waals surface area (Å²) in [4.78, 5) is 14.6. The van der Waals surface area contributed by atoms with Gasteiger partial charge in [-0.2, -0.15) is 0 Å². The molecule has 2 aromatic heterocycles. The van der Waals surface area contributed by atoms with Gasteiger partial charge in [0.15, 0.2) is 5.82 Å². The third-order valence-corrected chi connectivity index (χ3v) is 6.00. The van der Waals surface area contributed by atoms with Crippen LogP contribution in [0.3, 0.4) is 0 Å². The molecule has 3 aromatic rings. The Balaban J connectivity index is 1.59. The molecule has 162 valence electrons. The minimum Gasteiger partial charge on any atom is -0.337 e. The molecule has 0 bridgehead atoms. The van der Waals surface area contributed by atoms with Crippen molar-refractivity contribution in [1.29, 1.82) is 0 Å². The highest BCUT2D eigenvalue weighted by atomic mass is 79.9. The Morgan fingerprint density at radius 3 is 2.55 bits per heavy atom. The van der Waals surface area contributed by atoms with Crippen molar-refractivity contribution in [3.63, 3.8) is 0 Å². The Morgan fingerprint density at radius 1 is 1.10 bits per heavy atom. The predicted molar refractivity (Wildman–Crippen MR) is 128 cm³/mol. The topological polar surface area (TPSA) is 56.0 Å². The molecule has 31 heavy (non-hydrogen) atoms. The van der Waals surface area contributed by atoms with Crippen molar-refractivity contribution >= 4 is 27.5 Å². The SMILES string of the molecule is Cc1ccc(C2=CCN(c3nnc(Cn4cc(Br)ccc4=O)n3CC(C)C)CC2)cc1. The van der Waals surface area contributed by atoms with Crippen LogP contribution in [0.25, 0.3) is 5.57 Å². The summed E-state index contributed by atoms with van der Waals surface area (Å²) in [5.74, 6) is 2.12. The highest BCUT2D eigenvalue weighted by Gasteiger charge is 2.21. The lowest BCUT2D eigenvalue weighted by molar-refractivity contribution is 0.496. The number of anilines is 1. The Bertz CT molecular complexity index is 1140. The molecule has 0 saturated carbocycles. The molecule has 0 radical (unpaired) electrons. The van der Waals surface area contributed by atoms with E-state index in [-0.39, 0.29) is 5.56 Å². The maximum absolute atomic E-state index is 12.3. The van der Waals surface area contributed by atoms with E-state index < -0.39 is 0 Å². The van der Waals surface area contributed by atoms with Crippen LogP contribution in [0.15, 0.2) is 57.9 Å². The highest BCUT2D eigenvalue weighted by molar-refractivity contribution is 9.10. The van der Waals surface area contributed by atoms with E-state index in [4.69, 9.17) is 0 Å². The summed E-state index contributed by atoms with van der Waals surface area (Å²) in [7, 11) is 0. The smallest absolute Gasteiger partial charge is 0.250 e. The lowest BCUT2D eigenvalue weighted by Gasteiger charge is -2.28. The zero-order valence-corrected chi connectivity index (χ0v) is 19.8. The number of hydrogen-bond acceptors (Lipinski definition) is 4. The molecule has 0 N–H and O–H groups in total. The normalized spacial score (nSPS) is 14.2. The lowest BCUT2D eigenvalue weighted by atomic mass is 9.99. The van der Waals surface area contributed by atoms with Gasteiger partial charge in [0.2, 0.25) is 5.95 Å². The van der Waals surface area contributed by atoms with E-state index in [9.17, 15) is 4.79 Å². The first-order valence-corrected chi connectivity index (χ1v) is 11.5. The predicted octanol–water partition coefficient (Wildman–Crippen LogP) is 4.51. The quantitative estimate of drug-likeness (QED) is 0.519. The Morgan fingerprint density at radius 2 is 1.87 bits per heavy atom. The van der Waals surface area contributed by atoms with Crippen LogP contribution in [0.2, 0.25) is 0 Å². The average molecular weight is 482 g/mol. The minimum absolute atomic E-state index is 0.0486. The van der Waals surface area contributed by atoms with E-state index >= 15 is 0 Å². The van der Waals surface area contributed by atoms with Crippen LogP contribution in [-0.2, 0) is 13.1 Å². The van der Waals surface area contributed by atoms with E-state index in [1.54, 1.807) is 22.9 Å². The summed E-state index contributed by atoms with van der Waals surface area (Å²) in [6.07, 6.45) is 5.06. The van der Waals surface area contributed by atoms with Crippen LogP contribution in [-0.4, -0.2) is 32.4 Å². The fraction of sp³-hybridized carbons (Fsp3) is 0.375. The standard InChI is InChI=1S/C24H28BrN5O/c1-17(2)14-30-22(16-29-15-21(25)8-9-23(29)31)26-27-24(30)28-12-10-20(11-13-28)19-6-4-18(3)5-7-19/h4-10,15,17H,11-14,16H2,1-3H3. The van der Waals surface area contributed by atoms with Gasteiger partial charge < -0.3 is 9.47 Å². The Labute approximate surface area is 191 Å². The molecule has 4 rings (SSSR count). The number of benzene rings is 1. The second kappa shape index (κ2) is 9.22. The molecule has 0 saturated heterocycles. The van der Waals surface area contributed by atoms with Gasteiger partial charge in [-0.1, -0.05) is 49.8 Å². The van der Waals surface area contributed by atoms with Gasteiger partial charge >= 0.3 is 0 Å². The summed E-state index contributed by atoms with van der Waals surface area (Å²) in [6, 6.07) is 12.1. The first-order valence-electron chi connectivity index (χ1n) is 10.7. The number of aromatic nitrogens is 4. The van der Waals surface area contributed by atoms with Gasteiger partial charge in [0.1, 0.15) is 0 Å². The van der Waals surface area contributed by atoms with Crippen LogP contribution in [0.5, 0.6) is 0 Å². The molecular weight excluding hydrogens is 454 g/mol. The molecule has 1 aromatic carbocycles. The number of rotatable bonds is 6. The van der Waals surface area contributed by atoms with Crippen LogP contribution in [0.4, 0.5) is 5.95 Å². The molecule has 1 aliphatic heterocycles. The van der Waals surface area contributed by atoms with Crippen LogP contribution >= 0.6 is 15.9 Å². The van der Waals surface area contributed by atoms with Crippen molar-refractivity contribution in [3.8, 4) is 0 Å². The second-order valence-electron chi connectivity index (χ2n) is 8.53. The lowest BCUT2D eigenvalue weighted by Crippen LogP contribution is -2.32. The summed E-state index contributed by atoms with van der Waals surface area (Å²) in [6.45, 7) is 9.39. The highest BCUT2D eigenvalue weighted by Crippen LogP contribution is 2.26. The largest absolute Gasteiger partial charge is 0.337 e. The molecule has 0 aliphatic carbocycles. The number of nitrogens with zero attached hydrogens (tertiary/aromatic N) is 5. The first kappa shape index (κ1) is 21.6. The molecular formula is C24H28BrN5O. The first-order chi connectivity index (χ1) is 14.9. The average Bonchev–Trinajstić information content (AvgIpc) is 3.13. The molecule has 0 spiro atoms. The zero-order chi connectivity index (χ0) is 22.0. The summed E-state index contributed by atoms with van der Waals surface area (Å²) in [5, 5.41) is 9.01. The van der Waals surface area contributed by atoms with Crippen LogP contribution in [0.1, 0.15) is 37.2 Å². The zero-order valence-electron chi connectivity index (χ0n) is 18.3. The van der Waals surface area contributed by atoms with Crippen molar-refractivity contribution in [2.75, 3.05) is 18.0 Å². The maximum Gasteiger partial charge on any atom is 0.250 e. The van der Waals surface area contributed by atoms with Gasteiger partial charge in [-0.15, -0.1) is 10.2 Å². The molecule has 3 heterocycles. The minimum atomic E-state index is -0.0486. The van der Waals surface area contributed by atoms with Crippen molar-refractivity contribution in [2.24, 2.45) is 5.92 Å². The number of halogens is 1. The molecule has 0 fully saturated rings. The van der Waals surface area contributed by atoms with E-state index in [0.717, 1.165) is 42.3 Å². The Hall–Kier alpha value is -2.67. The fourth-order valence-corrected chi connectivity index (χ4v) is 4.27. The summed E-state index contributed by atoms with van der Waals surface area (Å²) in [5.41, 5.74) is 3.91. The molecule has 0 unspecified atom stereocenters. The van der Waals surface area contributed by atoms with Gasteiger partial charge in [0, 0.05) is 36.4 Å². The molecule has 0 atom stereocenters. The van der Waals surface area contributed by atoms with Crippen LogP contribution < -0.4 is 10.5 Å². The van der Waals surface area contributed by atoms with Crippen molar-refractivity contribution in [3.05, 3.63) is 80.4 Å². The molecule has 1 aliphatic rings. The number of aryl methyl sites for hydroxylation is 1. The van der Waals surface area contributed by atoms with E-state index in [1.165, 1.54) is 16.7 Å². The number of pyridine rings is 1. The van der Waals surface area contributed by atoms with Gasteiger partial charge in [-0.05, 0) is 52.4 Å². The monoisotopic (exact) mass is 481 g/mol. The van der Waals surface area contributed by atoms with Crippen molar-refractivity contribution in [1.82, 2.24) is 19.3 Å². The molecule has 7 heteroatoms. The maximum atomic E-state index is 12.3. The van der Waals surface area contributed by atoms with Crippen molar-refractivity contribution in [2.45, 2.75) is 40.3 Å². The molecule has 6 nitrogen and oxygen atoms in total. The van der Waals surface area contributed by atoms with Gasteiger partial charge in [0.05, 0.1) is 6.54 Å². The van der Waals surface area contributed by atoms with Crippen molar-refractivity contribution < 1.29 is 0 Å². The van der Waals surface area contributed by atoms with Gasteiger partial charge in [0.25, 0.3) is 5.56 Å². The Kier molecular flexibility index (Phi) is 6.41. The van der Waals surface area contributed by atoms with Crippen LogP contribution in [0, 0.1) is 12.8 Å². The summed E-state index contributed by atoms with van der Waals surface area (Å²) >= 11 is 3.45. The fourth-order valence-electron chi connectivity index (χ4n) is 3.89. The third-order valence-electron chi connectivity index (χ3n) is 5.53. The van der Waals surface area contributed by atoms with E-state index in [1.807, 2.05) is 0 Å². The summed E-state index contributed by atoms with van der Waals surface area (Å²) < 4.78 is 4.70. The van der Waals surface area contributed by atoms with E-state index in [2.05, 4.69) is 86.7 Å². The third kappa shape index (κ3) is 4.98. The number of hydrogen-bond donors (Lipinski definition) is 0. The van der Waals surface area contributed by atoms with Gasteiger partial charge in [-0.25, -0.2) is 0 Å². The van der Waals surface area contributed by atoms with Gasteiger partial charge in [-0.3, -0.25) is 9.36 Å². The second-order valence-corrected chi connectivity index (χ2v) is 9.44. The molecule has 0 amide bonds.